The summed E-state index contributed by atoms with van der Waals surface area (Å²) in [4.78, 5) is 27.5. The molecule has 2 amide bonds. The molecule has 0 bridgehead atoms. The Labute approximate surface area is 199 Å². The van der Waals surface area contributed by atoms with E-state index in [-0.39, 0.29) is 17.6 Å². The highest BCUT2D eigenvalue weighted by molar-refractivity contribution is 7.99. The largest absolute Gasteiger partial charge is 0.354 e. The highest BCUT2D eigenvalue weighted by Gasteiger charge is 2.26. The molecule has 2 rings (SSSR count). The van der Waals surface area contributed by atoms with Gasteiger partial charge < -0.3 is 10.2 Å². The van der Waals surface area contributed by atoms with E-state index in [0.717, 1.165) is 16.7 Å². The Morgan fingerprint density at radius 2 is 1.77 bits per heavy atom. The van der Waals surface area contributed by atoms with Crippen molar-refractivity contribution < 1.29 is 9.59 Å². The Morgan fingerprint density at radius 1 is 1.06 bits per heavy atom. The van der Waals surface area contributed by atoms with Crippen LogP contribution in [0.5, 0.6) is 0 Å². The van der Waals surface area contributed by atoms with Crippen LogP contribution in [0.2, 0.25) is 10.0 Å². The van der Waals surface area contributed by atoms with E-state index in [2.05, 4.69) is 5.32 Å². The van der Waals surface area contributed by atoms with E-state index >= 15 is 0 Å². The smallest absolute Gasteiger partial charge is 0.242 e. The van der Waals surface area contributed by atoms with E-state index in [4.69, 9.17) is 23.2 Å². The molecule has 2 aromatic carbocycles. The van der Waals surface area contributed by atoms with Crippen LogP contribution in [0.3, 0.4) is 0 Å². The summed E-state index contributed by atoms with van der Waals surface area (Å²) in [5, 5.41) is 4.12. The molecule has 0 radical (unpaired) electrons. The van der Waals surface area contributed by atoms with Gasteiger partial charge >= 0.3 is 0 Å². The fraction of sp³-hybridized carbons (Fsp3) is 0.417. The van der Waals surface area contributed by atoms with Crippen molar-refractivity contribution in [2.24, 2.45) is 5.92 Å². The van der Waals surface area contributed by atoms with Crippen LogP contribution in [0.4, 0.5) is 0 Å². The quantitative estimate of drug-likeness (QED) is 0.472. The van der Waals surface area contributed by atoms with Gasteiger partial charge in [0.25, 0.3) is 0 Å². The van der Waals surface area contributed by atoms with Gasteiger partial charge in [0.1, 0.15) is 6.04 Å². The summed E-state index contributed by atoms with van der Waals surface area (Å²) in [5.74, 6) is 0.976. The maximum atomic E-state index is 13.1. The number of halogens is 2. The van der Waals surface area contributed by atoms with Crippen LogP contribution in [0, 0.1) is 12.8 Å². The lowest BCUT2D eigenvalue weighted by atomic mass is 10.1. The van der Waals surface area contributed by atoms with Gasteiger partial charge in [-0.3, -0.25) is 9.59 Å². The number of carbonyl (C=O) groups is 2. The molecule has 0 saturated carbocycles. The summed E-state index contributed by atoms with van der Waals surface area (Å²) in [5.41, 5.74) is 3.05. The maximum absolute atomic E-state index is 13.1. The van der Waals surface area contributed by atoms with Crippen molar-refractivity contribution in [3.8, 4) is 0 Å². The zero-order valence-corrected chi connectivity index (χ0v) is 20.8. The number of rotatable bonds is 10. The Hall–Kier alpha value is -1.69. The standard InChI is InChI=1S/C24H30Cl2N2O2S/c1-16(2)12-27-24(30)18(4)28(13-19-8-6-5-7-17(19)3)23(29)15-31-14-20-9-10-21(25)11-22(20)26/h5-11,16,18H,12-15H2,1-4H3,(H,27,30). The van der Waals surface area contributed by atoms with Crippen molar-refractivity contribution in [1.29, 1.82) is 0 Å². The van der Waals surface area contributed by atoms with Crippen LogP contribution in [0.25, 0.3) is 0 Å². The zero-order chi connectivity index (χ0) is 23.0. The molecule has 0 saturated heterocycles. The van der Waals surface area contributed by atoms with Gasteiger partial charge in [0, 0.05) is 28.9 Å². The molecular formula is C24H30Cl2N2O2S. The monoisotopic (exact) mass is 480 g/mol. The average molecular weight is 481 g/mol. The molecule has 31 heavy (non-hydrogen) atoms. The van der Waals surface area contributed by atoms with Gasteiger partial charge in [0.2, 0.25) is 11.8 Å². The molecule has 0 heterocycles. The number of hydrogen-bond donors (Lipinski definition) is 1. The van der Waals surface area contributed by atoms with Crippen LogP contribution in [-0.2, 0) is 21.9 Å². The second-order valence-corrected chi connectivity index (χ2v) is 9.82. The molecule has 0 fully saturated rings. The van der Waals surface area contributed by atoms with E-state index in [1.807, 2.05) is 51.1 Å². The van der Waals surface area contributed by atoms with E-state index in [9.17, 15) is 9.59 Å². The Morgan fingerprint density at radius 3 is 2.42 bits per heavy atom. The van der Waals surface area contributed by atoms with E-state index in [1.54, 1.807) is 24.0 Å². The summed E-state index contributed by atoms with van der Waals surface area (Å²) >= 11 is 13.7. The van der Waals surface area contributed by atoms with Gasteiger partial charge in [-0.1, -0.05) is 67.4 Å². The van der Waals surface area contributed by atoms with Gasteiger partial charge in [-0.15, -0.1) is 11.8 Å². The third-order valence-electron chi connectivity index (χ3n) is 4.95. The van der Waals surface area contributed by atoms with Crippen molar-refractivity contribution in [3.05, 3.63) is 69.2 Å². The number of amides is 2. The lowest BCUT2D eigenvalue weighted by Crippen LogP contribution is -2.48. The molecule has 0 aliphatic carbocycles. The first kappa shape index (κ1) is 25.6. The second-order valence-electron chi connectivity index (χ2n) is 7.99. The molecule has 4 nitrogen and oxygen atoms in total. The molecule has 0 aliphatic rings. The first-order valence-corrected chi connectivity index (χ1v) is 12.2. The van der Waals surface area contributed by atoms with E-state index < -0.39 is 6.04 Å². The average Bonchev–Trinajstić information content (AvgIpc) is 2.72. The van der Waals surface area contributed by atoms with Crippen molar-refractivity contribution in [3.63, 3.8) is 0 Å². The molecule has 2 aromatic rings. The zero-order valence-electron chi connectivity index (χ0n) is 18.5. The fourth-order valence-electron chi connectivity index (χ4n) is 2.98. The van der Waals surface area contributed by atoms with Crippen molar-refractivity contribution >= 4 is 46.8 Å². The van der Waals surface area contributed by atoms with Gasteiger partial charge in [0.05, 0.1) is 5.75 Å². The SMILES string of the molecule is Cc1ccccc1CN(C(=O)CSCc1ccc(Cl)cc1Cl)C(C)C(=O)NCC(C)C. The minimum atomic E-state index is -0.564. The number of hydrogen-bond acceptors (Lipinski definition) is 3. The Balaban J connectivity index is 2.09. The van der Waals surface area contributed by atoms with Gasteiger partial charge in [-0.05, 0) is 48.6 Å². The Bertz CT molecular complexity index is 905. The fourth-order valence-corrected chi connectivity index (χ4v) is 4.44. The molecular weight excluding hydrogens is 451 g/mol. The molecule has 0 aliphatic heterocycles. The lowest BCUT2D eigenvalue weighted by Gasteiger charge is -2.29. The topological polar surface area (TPSA) is 49.4 Å². The molecule has 0 aromatic heterocycles. The Kier molecular flexibility index (Phi) is 10.2. The number of thioether (sulfide) groups is 1. The van der Waals surface area contributed by atoms with Gasteiger partial charge in [0.15, 0.2) is 0 Å². The molecule has 1 atom stereocenters. The predicted octanol–water partition coefficient (Wildman–Crippen LogP) is 5.72. The number of aryl methyl sites for hydroxylation is 1. The minimum absolute atomic E-state index is 0.0782. The van der Waals surface area contributed by atoms with Crippen LogP contribution in [0.1, 0.15) is 37.5 Å². The maximum Gasteiger partial charge on any atom is 0.242 e. The first-order valence-electron chi connectivity index (χ1n) is 10.3. The third-order valence-corrected chi connectivity index (χ3v) is 6.51. The number of nitrogens with zero attached hydrogens (tertiary/aromatic N) is 1. The summed E-state index contributed by atoms with van der Waals surface area (Å²) in [7, 11) is 0. The lowest BCUT2D eigenvalue weighted by molar-refractivity contribution is -0.138. The van der Waals surface area contributed by atoms with Gasteiger partial charge in [-0.25, -0.2) is 0 Å². The minimum Gasteiger partial charge on any atom is -0.354 e. The molecule has 1 unspecified atom stereocenters. The van der Waals surface area contributed by atoms with Gasteiger partial charge in [-0.2, -0.15) is 0 Å². The van der Waals surface area contributed by atoms with E-state index in [0.29, 0.717) is 34.8 Å². The summed E-state index contributed by atoms with van der Waals surface area (Å²) in [6.07, 6.45) is 0. The normalized spacial score (nSPS) is 12.0. The van der Waals surface area contributed by atoms with E-state index in [1.165, 1.54) is 11.8 Å². The molecule has 168 valence electrons. The highest BCUT2D eigenvalue weighted by Crippen LogP contribution is 2.25. The number of nitrogens with one attached hydrogen (secondary N) is 1. The molecule has 7 heteroatoms. The van der Waals surface area contributed by atoms with Crippen LogP contribution in [0.15, 0.2) is 42.5 Å². The van der Waals surface area contributed by atoms with Crippen molar-refractivity contribution in [1.82, 2.24) is 10.2 Å². The highest BCUT2D eigenvalue weighted by atomic mass is 35.5. The number of benzene rings is 2. The third kappa shape index (κ3) is 8.06. The second kappa shape index (κ2) is 12.4. The van der Waals surface area contributed by atoms with Crippen LogP contribution in [-0.4, -0.2) is 35.1 Å². The first-order chi connectivity index (χ1) is 14.7. The van der Waals surface area contributed by atoms with Crippen molar-refractivity contribution in [2.75, 3.05) is 12.3 Å². The van der Waals surface area contributed by atoms with Crippen LogP contribution < -0.4 is 5.32 Å². The van der Waals surface area contributed by atoms with Crippen LogP contribution >= 0.6 is 35.0 Å². The van der Waals surface area contributed by atoms with Crippen molar-refractivity contribution in [2.45, 2.75) is 46.0 Å². The molecule has 1 N–H and O–H groups in total. The summed E-state index contributed by atoms with van der Waals surface area (Å²) < 4.78 is 0. The predicted molar refractivity (Wildman–Crippen MR) is 132 cm³/mol. The summed E-state index contributed by atoms with van der Waals surface area (Å²) in [6, 6.07) is 12.7. The number of carbonyl (C=O) groups excluding carboxylic acids is 2. The summed E-state index contributed by atoms with van der Waals surface area (Å²) in [6.45, 7) is 8.86. The molecule has 0 spiro atoms.